The molecule has 3 N–H and O–H groups in total. The molecule has 0 aliphatic rings. The number of aromatic amines is 1. The Morgan fingerprint density at radius 1 is 1.20 bits per heavy atom. The summed E-state index contributed by atoms with van der Waals surface area (Å²) in [5.74, 6) is 0.327. The Morgan fingerprint density at radius 2 is 2.05 bits per heavy atom. The molecule has 2 aromatic carbocycles. The molecule has 0 amide bonds. The van der Waals surface area contributed by atoms with Gasteiger partial charge in [0.25, 0.3) is 0 Å². The van der Waals surface area contributed by atoms with Crippen LogP contribution in [0.1, 0.15) is 11.1 Å². The lowest BCUT2D eigenvalue weighted by molar-refractivity contribution is 0.615. The highest BCUT2D eigenvalue weighted by molar-refractivity contribution is 7.98. The van der Waals surface area contributed by atoms with Crippen molar-refractivity contribution in [2.24, 2.45) is 5.73 Å². The first-order valence-electron chi connectivity index (χ1n) is 6.31. The number of H-pyrrole nitrogens is 1. The summed E-state index contributed by atoms with van der Waals surface area (Å²) >= 11 is 1.49. The molecule has 0 saturated heterocycles. The highest BCUT2D eigenvalue weighted by Crippen LogP contribution is 2.24. The first kappa shape index (κ1) is 13.1. The smallest absolute Gasteiger partial charge is 0.166 e. The van der Waals surface area contributed by atoms with Gasteiger partial charge in [-0.25, -0.2) is 9.37 Å². The number of benzene rings is 2. The highest BCUT2D eigenvalue weighted by Gasteiger charge is 2.07. The molecule has 0 atom stereocenters. The van der Waals surface area contributed by atoms with Gasteiger partial charge in [-0.3, -0.25) is 0 Å². The van der Waals surface area contributed by atoms with E-state index in [9.17, 15) is 4.39 Å². The standard InChI is InChI=1S/C15H14FN3S/c16-12-7-10(8-17)5-6-11(12)9-20-15-18-13-3-1-2-4-14(13)19-15/h1-7H,8-9,17H2,(H,18,19). The first-order chi connectivity index (χ1) is 9.76. The van der Waals surface area contributed by atoms with Crippen LogP contribution in [0.15, 0.2) is 47.6 Å². The van der Waals surface area contributed by atoms with Gasteiger partial charge in [0.1, 0.15) is 5.82 Å². The second kappa shape index (κ2) is 5.64. The molecule has 3 rings (SSSR count). The number of fused-ring (bicyclic) bond motifs is 1. The van der Waals surface area contributed by atoms with Gasteiger partial charge in [-0.05, 0) is 29.3 Å². The fourth-order valence-corrected chi connectivity index (χ4v) is 2.85. The van der Waals surface area contributed by atoms with E-state index in [0.717, 1.165) is 21.8 Å². The van der Waals surface area contributed by atoms with Crippen molar-refractivity contribution in [3.05, 3.63) is 59.4 Å². The van der Waals surface area contributed by atoms with Crippen LogP contribution in [0.4, 0.5) is 4.39 Å². The van der Waals surface area contributed by atoms with E-state index in [2.05, 4.69) is 9.97 Å². The van der Waals surface area contributed by atoms with Gasteiger partial charge in [0.05, 0.1) is 11.0 Å². The second-order valence-electron chi connectivity index (χ2n) is 4.48. The molecule has 0 bridgehead atoms. The summed E-state index contributed by atoms with van der Waals surface area (Å²) in [4.78, 5) is 7.67. The van der Waals surface area contributed by atoms with E-state index < -0.39 is 0 Å². The molecule has 20 heavy (non-hydrogen) atoms. The van der Waals surface area contributed by atoms with Gasteiger partial charge in [-0.15, -0.1) is 0 Å². The van der Waals surface area contributed by atoms with E-state index in [0.29, 0.717) is 17.9 Å². The maximum Gasteiger partial charge on any atom is 0.166 e. The number of aromatic nitrogens is 2. The van der Waals surface area contributed by atoms with Gasteiger partial charge >= 0.3 is 0 Å². The molecule has 1 aromatic heterocycles. The molecule has 0 radical (unpaired) electrons. The van der Waals surface area contributed by atoms with Crippen LogP contribution in [0.5, 0.6) is 0 Å². The van der Waals surface area contributed by atoms with Crippen molar-refractivity contribution in [2.75, 3.05) is 0 Å². The zero-order valence-corrected chi connectivity index (χ0v) is 11.6. The Labute approximate surface area is 120 Å². The van der Waals surface area contributed by atoms with Crippen LogP contribution in [-0.4, -0.2) is 9.97 Å². The number of halogens is 1. The summed E-state index contributed by atoms with van der Waals surface area (Å²) in [6, 6.07) is 13.0. The van der Waals surface area contributed by atoms with Gasteiger partial charge in [-0.1, -0.05) is 36.0 Å². The van der Waals surface area contributed by atoms with Gasteiger partial charge in [-0.2, -0.15) is 0 Å². The van der Waals surface area contributed by atoms with Crippen LogP contribution in [0.2, 0.25) is 0 Å². The number of imidazole rings is 1. The van der Waals surface area contributed by atoms with E-state index in [4.69, 9.17) is 5.73 Å². The van der Waals surface area contributed by atoms with Crippen molar-refractivity contribution < 1.29 is 4.39 Å². The molecule has 3 nitrogen and oxygen atoms in total. The zero-order valence-electron chi connectivity index (χ0n) is 10.8. The van der Waals surface area contributed by atoms with E-state index in [1.54, 1.807) is 6.07 Å². The Morgan fingerprint density at radius 3 is 2.80 bits per heavy atom. The molecule has 0 aliphatic carbocycles. The van der Waals surface area contributed by atoms with Crippen LogP contribution >= 0.6 is 11.8 Å². The number of rotatable bonds is 4. The molecule has 0 aliphatic heterocycles. The molecular weight excluding hydrogens is 273 g/mol. The zero-order chi connectivity index (χ0) is 13.9. The Kier molecular flexibility index (Phi) is 3.71. The molecule has 1 heterocycles. The molecule has 0 unspecified atom stereocenters. The van der Waals surface area contributed by atoms with Crippen molar-refractivity contribution in [3.63, 3.8) is 0 Å². The van der Waals surface area contributed by atoms with Crippen LogP contribution < -0.4 is 5.73 Å². The molecule has 3 aromatic rings. The average Bonchev–Trinajstić information content (AvgIpc) is 2.88. The summed E-state index contributed by atoms with van der Waals surface area (Å²) in [6.07, 6.45) is 0. The summed E-state index contributed by atoms with van der Waals surface area (Å²) in [5, 5.41) is 0.800. The summed E-state index contributed by atoms with van der Waals surface area (Å²) in [5.41, 5.74) is 8.87. The molecule has 0 saturated carbocycles. The lowest BCUT2D eigenvalue weighted by Crippen LogP contribution is -1.98. The first-order valence-corrected chi connectivity index (χ1v) is 7.30. The number of hydrogen-bond donors (Lipinski definition) is 2. The maximum atomic E-state index is 13.8. The fourth-order valence-electron chi connectivity index (χ4n) is 1.98. The molecule has 0 fully saturated rings. The number of nitrogens with two attached hydrogens (primary N) is 1. The lowest BCUT2D eigenvalue weighted by Gasteiger charge is -2.03. The van der Waals surface area contributed by atoms with Gasteiger partial charge in [0.2, 0.25) is 0 Å². The quantitative estimate of drug-likeness (QED) is 0.723. The summed E-state index contributed by atoms with van der Waals surface area (Å²) in [7, 11) is 0. The van der Waals surface area contributed by atoms with Gasteiger partial charge in [0.15, 0.2) is 5.16 Å². The number of thioether (sulfide) groups is 1. The van der Waals surface area contributed by atoms with E-state index in [1.807, 2.05) is 30.3 Å². The fraction of sp³-hybridized carbons (Fsp3) is 0.133. The normalized spacial score (nSPS) is 11.1. The average molecular weight is 287 g/mol. The van der Waals surface area contributed by atoms with Crippen molar-refractivity contribution in [3.8, 4) is 0 Å². The predicted octanol–water partition coefficient (Wildman–Crippen LogP) is 3.45. The monoisotopic (exact) mass is 287 g/mol. The minimum Gasteiger partial charge on any atom is -0.333 e. The van der Waals surface area contributed by atoms with E-state index >= 15 is 0 Å². The second-order valence-corrected chi connectivity index (χ2v) is 5.44. The Bertz CT molecular complexity index is 706. The maximum absolute atomic E-state index is 13.8. The molecule has 5 heteroatoms. The van der Waals surface area contributed by atoms with E-state index in [-0.39, 0.29) is 5.82 Å². The van der Waals surface area contributed by atoms with Crippen molar-refractivity contribution >= 4 is 22.8 Å². The number of para-hydroxylation sites is 2. The summed E-state index contributed by atoms with van der Waals surface area (Å²) in [6.45, 7) is 0.355. The highest BCUT2D eigenvalue weighted by atomic mass is 32.2. The molecule has 102 valence electrons. The molecule has 0 spiro atoms. The van der Waals surface area contributed by atoms with Crippen LogP contribution in [0.3, 0.4) is 0 Å². The number of nitrogens with one attached hydrogen (secondary N) is 1. The van der Waals surface area contributed by atoms with Crippen molar-refractivity contribution in [1.29, 1.82) is 0 Å². The number of hydrogen-bond acceptors (Lipinski definition) is 3. The molecular formula is C15H14FN3S. The third-order valence-corrected chi connectivity index (χ3v) is 4.01. The minimum absolute atomic E-state index is 0.212. The van der Waals surface area contributed by atoms with Crippen LogP contribution in [0, 0.1) is 5.82 Å². The third-order valence-electron chi connectivity index (χ3n) is 3.09. The van der Waals surface area contributed by atoms with Crippen LogP contribution in [-0.2, 0) is 12.3 Å². The van der Waals surface area contributed by atoms with Gasteiger partial charge < -0.3 is 10.7 Å². The van der Waals surface area contributed by atoms with E-state index in [1.165, 1.54) is 17.8 Å². The minimum atomic E-state index is -0.212. The van der Waals surface area contributed by atoms with Crippen molar-refractivity contribution in [1.82, 2.24) is 9.97 Å². The van der Waals surface area contributed by atoms with Crippen LogP contribution in [0.25, 0.3) is 11.0 Å². The topological polar surface area (TPSA) is 54.7 Å². The lowest BCUT2D eigenvalue weighted by atomic mass is 10.1. The SMILES string of the molecule is NCc1ccc(CSc2nc3ccccc3[nH]2)c(F)c1. The Balaban J connectivity index is 1.75. The van der Waals surface area contributed by atoms with Crippen molar-refractivity contribution in [2.45, 2.75) is 17.5 Å². The summed E-state index contributed by atoms with van der Waals surface area (Å²) < 4.78 is 13.8. The predicted molar refractivity (Wildman–Crippen MR) is 79.9 cm³/mol. The third kappa shape index (κ3) is 2.69. The Hall–Kier alpha value is -1.85. The van der Waals surface area contributed by atoms with Gasteiger partial charge in [0, 0.05) is 12.3 Å². The number of nitrogens with zero attached hydrogens (tertiary/aromatic N) is 1. The largest absolute Gasteiger partial charge is 0.333 e.